The Hall–Kier alpha value is -0.480. The Balaban J connectivity index is 2.58. The molecule has 3 nitrogen and oxygen atoms in total. The summed E-state index contributed by atoms with van der Waals surface area (Å²) in [5, 5.41) is 3.99. The summed E-state index contributed by atoms with van der Waals surface area (Å²) < 4.78 is 3.91. The number of hydrogen-bond acceptors (Lipinski definition) is 4. The molecule has 14 heavy (non-hydrogen) atoms. The summed E-state index contributed by atoms with van der Waals surface area (Å²) in [6.07, 6.45) is 3.46. The van der Waals surface area contributed by atoms with Crippen molar-refractivity contribution in [2.24, 2.45) is 11.7 Å². The van der Waals surface area contributed by atoms with Gasteiger partial charge in [-0.3, -0.25) is 0 Å². The first-order valence-electron chi connectivity index (χ1n) is 5.23. The summed E-state index contributed by atoms with van der Waals surface area (Å²) in [5.41, 5.74) is 7.12. The van der Waals surface area contributed by atoms with Crippen molar-refractivity contribution in [3.05, 3.63) is 10.6 Å². The van der Waals surface area contributed by atoms with Crippen LogP contribution in [0.2, 0.25) is 0 Å². The van der Waals surface area contributed by atoms with Gasteiger partial charge in [0, 0.05) is 6.04 Å². The van der Waals surface area contributed by atoms with Gasteiger partial charge in [0.25, 0.3) is 0 Å². The molecule has 0 aliphatic rings. The van der Waals surface area contributed by atoms with Gasteiger partial charge in [0.05, 0.1) is 10.6 Å². The predicted octanol–water partition coefficient (Wildman–Crippen LogP) is 2.67. The van der Waals surface area contributed by atoms with Crippen LogP contribution in [0.4, 0.5) is 0 Å². The minimum Gasteiger partial charge on any atom is -0.323 e. The standard InChI is InChI=1S/C10H19N3S/c1-4-8(5-2)6-9(11)10-7(3)12-13-14-10/h8-9H,4-6,11H2,1-3H3. The third-order valence-electron chi connectivity index (χ3n) is 2.77. The van der Waals surface area contributed by atoms with Crippen molar-refractivity contribution in [2.45, 2.75) is 46.1 Å². The average Bonchev–Trinajstić information content (AvgIpc) is 2.60. The molecule has 80 valence electrons. The van der Waals surface area contributed by atoms with Crippen molar-refractivity contribution in [2.75, 3.05) is 0 Å². The van der Waals surface area contributed by atoms with Gasteiger partial charge < -0.3 is 5.73 Å². The van der Waals surface area contributed by atoms with E-state index < -0.39 is 0 Å². The molecular weight excluding hydrogens is 194 g/mol. The third-order valence-corrected chi connectivity index (χ3v) is 3.72. The van der Waals surface area contributed by atoms with Gasteiger partial charge in [0.15, 0.2) is 0 Å². The molecule has 0 saturated carbocycles. The van der Waals surface area contributed by atoms with Crippen molar-refractivity contribution < 1.29 is 0 Å². The zero-order chi connectivity index (χ0) is 10.6. The third kappa shape index (κ3) is 2.75. The summed E-state index contributed by atoms with van der Waals surface area (Å²) in [5.74, 6) is 0.728. The second-order valence-corrected chi connectivity index (χ2v) is 4.53. The van der Waals surface area contributed by atoms with Crippen LogP contribution >= 0.6 is 11.5 Å². The number of aryl methyl sites for hydroxylation is 1. The van der Waals surface area contributed by atoms with Crippen molar-refractivity contribution in [3.63, 3.8) is 0 Å². The van der Waals surface area contributed by atoms with E-state index in [4.69, 9.17) is 5.73 Å². The molecule has 0 aromatic carbocycles. The lowest BCUT2D eigenvalue weighted by Gasteiger charge is -2.16. The summed E-state index contributed by atoms with van der Waals surface area (Å²) in [7, 11) is 0. The van der Waals surface area contributed by atoms with Crippen LogP contribution in [0.25, 0.3) is 0 Å². The van der Waals surface area contributed by atoms with Gasteiger partial charge in [-0.2, -0.15) is 0 Å². The molecule has 0 aliphatic heterocycles. The maximum absolute atomic E-state index is 6.12. The van der Waals surface area contributed by atoms with Gasteiger partial charge in [-0.15, -0.1) is 5.10 Å². The fraction of sp³-hybridized carbons (Fsp3) is 0.800. The topological polar surface area (TPSA) is 51.8 Å². The van der Waals surface area contributed by atoms with E-state index in [1.807, 2.05) is 6.92 Å². The molecule has 1 atom stereocenters. The average molecular weight is 213 g/mol. The molecule has 1 aromatic heterocycles. The van der Waals surface area contributed by atoms with Crippen LogP contribution in [0, 0.1) is 12.8 Å². The molecule has 0 aliphatic carbocycles. The second kappa shape index (κ2) is 5.41. The van der Waals surface area contributed by atoms with Crippen LogP contribution in [0.1, 0.15) is 49.7 Å². The van der Waals surface area contributed by atoms with E-state index in [9.17, 15) is 0 Å². The van der Waals surface area contributed by atoms with Crippen LogP contribution in [0.5, 0.6) is 0 Å². The molecule has 1 aromatic rings. The van der Waals surface area contributed by atoms with Gasteiger partial charge in [-0.05, 0) is 30.8 Å². The van der Waals surface area contributed by atoms with Crippen molar-refractivity contribution in [1.82, 2.24) is 9.59 Å². The highest BCUT2D eigenvalue weighted by atomic mass is 32.1. The first kappa shape index (κ1) is 11.6. The van der Waals surface area contributed by atoms with Gasteiger partial charge in [-0.1, -0.05) is 31.2 Å². The van der Waals surface area contributed by atoms with E-state index in [1.54, 1.807) is 0 Å². The summed E-state index contributed by atoms with van der Waals surface area (Å²) in [4.78, 5) is 1.15. The van der Waals surface area contributed by atoms with Gasteiger partial charge >= 0.3 is 0 Å². The zero-order valence-corrected chi connectivity index (χ0v) is 9.97. The predicted molar refractivity (Wildman–Crippen MR) is 60.3 cm³/mol. The van der Waals surface area contributed by atoms with Crippen LogP contribution < -0.4 is 5.73 Å². The lowest BCUT2D eigenvalue weighted by Crippen LogP contribution is -2.14. The van der Waals surface area contributed by atoms with E-state index in [1.165, 1.54) is 24.4 Å². The molecule has 1 heterocycles. The summed E-state index contributed by atoms with van der Waals surface area (Å²) in [6.45, 7) is 6.42. The highest BCUT2D eigenvalue weighted by Gasteiger charge is 2.16. The quantitative estimate of drug-likeness (QED) is 0.818. The number of nitrogens with two attached hydrogens (primary N) is 1. The SMILES string of the molecule is CCC(CC)CC(N)c1snnc1C. The fourth-order valence-electron chi connectivity index (χ4n) is 1.67. The number of hydrogen-bond donors (Lipinski definition) is 1. The molecule has 2 N–H and O–H groups in total. The van der Waals surface area contributed by atoms with Gasteiger partial charge in [0.2, 0.25) is 0 Å². The van der Waals surface area contributed by atoms with Crippen molar-refractivity contribution >= 4 is 11.5 Å². The molecule has 1 unspecified atom stereocenters. The molecule has 0 spiro atoms. The Kier molecular flexibility index (Phi) is 4.48. The van der Waals surface area contributed by atoms with Crippen LogP contribution in [-0.4, -0.2) is 9.59 Å². The van der Waals surface area contributed by atoms with E-state index >= 15 is 0 Å². The summed E-state index contributed by atoms with van der Waals surface area (Å²) in [6, 6.07) is 0.125. The molecule has 0 fully saturated rings. The molecule has 4 heteroatoms. The first-order chi connectivity index (χ1) is 6.69. The lowest BCUT2D eigenvalue weighted by molar-refractivity contribution is 0.416. The molecule has 0 amide bonds. The molecule has 1 rings (SSSR count). The van der Waals surface area contributed by atoms with Crippen LogP contribution in [-0.2, 0) is 0 Å². The highest BCUT2D eigenvalue weighted by molar-refractivity contribution is 7.05. The normalized spacial score (nSPS) is 13.5. The molecular formula is C10H19N3S. The Labute approximate surface area is 89.9 Å². The largest absolute Gasteiger partial charge is 0.323 e. The van der Waals surface area contributed by atoms with Crippen LogP contribution in [0.15, 0.2) is 0 Å². The van der Waals surface area contributed by atoms with E-state index in [0.29, 0.717) is 0 Å². The first-order valence-corrected chi connectivity index (χ1v) is 6.00. The van der Waals surface area contributed by atoms with Gasteiger partial charge in [0.1, 0.15) is 0 Å². The minimum atomic E-state index is 0.125. The number of nitrogens with zero attached hydrogens (tertiary/aromatic N) is 2. The second-order valence-electron chi connectivity index (χ2n) is 3.75. The Bertz CT molecular complexity index is 268. The lowest BCUT2D eigenvalue weighted by atomic mass is 9.94. The highest BCUT2D eigenvalue weighted by Crippen LogP contribution is 2.26. The minimum absolute atomic E-state index is 0.125. The van der Waals surface area contributed by atoms with E-state index in [0.717, 1.165) is 22.9 Å². The Morgan fingerprint density at radius 2 is 2.00 bits per heavy atom. The number of aromatic nitrogens is 2. The van der Waals surface area contributed by atoms with E-state index in [2.05, 4.69) is 23.4 Å². The van der Waals surface area contributed by atoms with Crippen LogP contribution in [0.3, 0.4) is 0 Å². The maximum atomic E-state index is 6.12. The molecule has 0 bridgehead atoms. The Morgan fingerprint density at radius 1 is 1.36 bits per heavy atom. The van der Waals surface area contributed by atoms with Gasteiger partial charge in [-0.25, -0.2) is 0 Å². The molecule has 0 radical (unpaired) electrons. The van der Waals surface area contributed by atoms with Crippen molar-refractivity contribution in [3.8, 4) is 0 Å². The monoisotopic (exact) mass is 213 g/mol. The maximum Gasteiger partial charge on any atom is 0.0772 e. The molecule has 0 saturated heterocycles. The van der Waals surface area contributed by atoms with Crippen molar-refractivity contribution in [1.29, 1.82) is 0 Å². The van der Waals surface area contributed by atoms with E-state index in [-0.39, 0.29) is 6.04 Å². The fourth-order valence-corrected chi connectivity index (χ4v) is 2.32. The number of rotatable bonds is 5. The smallest absolute Gasteiger partial charge is 0.0772 e. The zero-order valence-electron chi connectivity index (χ0n) is 9.16. The Morgan fingerprint density at radius 3 is 2.43 bits per heavy atom. The summed E-state index contributed by atoms with van der Waals surface area (Å²) >= 11 is 1.43.